The summed E-state index contributed by atoms with van der Waals surface area (Å²) >= 11 is 0. The lowest BCUT2D eigenvalue weighted by Gasteiger charge is -2.35. The third-order valence-corrected chi connectivity index (χ3v) is 3.67. The lowest BCUT2D eigenvalue weighted by atomic mass is 9.91. The lowest BCUT2D eigenvalue weighted by Crippen LogP contribution is -2.46. The van der Waals surface area contributed by atoms with E-state index >= 15 is 0 Å². The van der Waals surface area contributed by atoms with E-state index in [1.807, 2.05) is 0 Å². The quantitative estimate of drug-likeness (QED) is 0.895. The van der Waals surface area contributed by atoms with E-state index in [1.165, 1.54) is 11.9 Å². The number of aliphatic hydroxyl groups is 1. The van der Waals surface area contributed by atoms with Crippen LogP contribution in [0.15, 0.2) is 18.2 Å². The van der Waals surface area contributed by atoms with Gasteiger partial charge in [0.25, 0.3) is 5.91 Å². The maximum atomic E-state index is 13.6. The first-order valence-corrected chi connectivity index (χ1v) is 6.41. The van der Waals surface area contributed by atoms with Gasteiger partial charge in [-0.2, -0.15) is 0 Å². The van der Waals surface area contributed by atoms with Gasteiger partial charge in [0.15, 0.2) is 0 Å². The molecule has 1 aromatic carbocycles. The van der Waals surface area contributed by atoms with Crippen molar-refractivity contribution in [2.75, 3.05) is 7.05 Å². The Bertz CT molecular complexity index is 479. The van der Waals surface area contributed by atoms with E-state index in [2.05, 4.69) is 0 Å². The summed E-state index contributed by atoms with van der Waals surface area (Å²) in [5.74, 6) is -1.99. The minimum atomic E-state index is -0.747. The number of carbonyl (C=O) groups is 1. The van der Waals surface area contributed by atoms with Crippen molar-refractivity contribution in [3.8, 4) is 0 Å². The normalized spacial score (nSPS) is 23.2. The Kier molecular flexibility index (Phi) is 4.14. The molecule has 1 fully saturated rings. The van der Waals surface area contributed by atoms with E-state index in [-0.39, 0.29) is 11.6 Å². The molecule has 2 atom stereocenters. The number of rotatable bonds is 2. The highest BCUT2D eigenvalue weighted by molar-refractivity contribution is 5.94. The summed E-state index contributed by atoms with van der Waals surface area (Å²) in [6, 6.07) is 2.47. The Morgan fingerprint density at radius 1 is 1.32 bits per heavy atom. The first kappa shape index (κ1) is 13.9. The summed E-state index contributed by atoms with van der Waals surface area (Å²) in [5.41, 5.74) is -0.291. The summed E-state index contributed by atoms with van der Waals surface area (Å²) in [5, 5.41) is 9.90. The number of halogens is 2. The molecular formula is C14H17F2NO2. The van der Waals surface area contributed by atoms with Crippen molar-refractivity contribution < 1.29 is 18.7 Å². The summed E-state index contributed by atoms with van der Waals surface area (Å²) < 4.78 is 26.7. The van der Waals surface area contributed by atoms with Crippen molar-refractivity contribution in [3.05, 3.63) is 35.4 Å². The van der Waals surface area contributed by atoms with Crippen LogP contribution in [0.3, 0.4) is 0 Å². The molecule has 0 spiro atoms. The molecule has 0 bridgehead atoms. The van der Waals surface area contributed by atoms with Gasteiger partial charge in [0.05, 0.1) is 17.7 Å². The molecule has 0 saturated heterocycles. The van der Waals surface area contributed by atoms with E-state index in [1.54, 1.807) is 0 Å². The molecule has 3 nitrogen and oxygen atoms in total. The van der Waals surface area contributed by atoms with Crippen molar-refractivity contribution in [1.29, 1.82) is 0 Å². The van der Waals surface area contributed by atoms with Crippen LogP contribution in [0.2, 0.25) is 0 Å². The van der Waals surface area contributed by atoms with E-state index in [4.69, 9.17) is 0 Å². The highest BCUT2D eigenvalue weighted by Crippen LogP contribution is 2.24. The molecule has 1 N–H and O–H groups in total. The van der Waals surface area contributed by atoms with Crippen molar-refractivity contribution in [2.45, 2.75) is 37.8 Å². The first-order valence-electron chi connectivity index (χ1n) is 6.41. The van der Waals surface area contributed by atoms with Gasteiger partial charge in [0, 0.05) is 7.05 Å². The van der Waals surface area contributed by atoms with Gasteiger partial charge in [-0.3, -0.25) is 4.79 Å². The molecule has 0 aliphatic heterocycles. The second-order valence-corrected chi connectivity index (χ2v) is 4.96. The highest BCUT2D eigenvalue weighted by Gasteiger charge is 2.30. The largest absolute Gasteiger partial charge is 0.391 e. The summed E-state index contributed by atoms with van der Waals surface area (Å²) in [4.78, 5) is 13.5. The molecule has 19 heavy (non-hydrogen) atoms. The molecule has 5 heteroatoms. The van der Waals surface area contributed by atoms with Crippen LogP contribution in [0.5, 0.6) is 0 Å². The SMILES string of the molecule is CN(C(=O)c1cc(F)ccc1F)C1CCCCC1O. The fourth-order valence-electron chi connectivity index (χ4n) is 2.55. The molecule has 1 saturated carbocycles. The van der Waals surface area contributed by atoms with Crippen LogP contribution in [-0.4, -0.2) is 35.1 Å². The molecule has 104 valence electrons. The van der Waals surface area contributed by atoms with E-state index in [0.29, 0.717) is 12.8 Å². The summed E-state index contributed by atoms with van der Waals surface area (Å²) in [6.07, 6.45) is 2.56. The number of aliphatic hydroxyl groups excluding tert-OH is 1. The van der Waals surface area contributed by atoms with Gasteiger partial charge in [-0.15, -0.1) is 0 Å². The number of amides is 1. The molecule has 2 unspecified atom stereocenters. The second kappa shape index (κ2) is 5.65. The third kappa shape index (κ3) is 2.92. The number of hydrogen-bond donors (Lipinski definition) is 1. The fourth-order valence-corrected chi connectivity index (χ4v) is 2.55. The summed E-state index contributed by atoms with van der Waals surface area (Å²) in [7, 11) is 1.52. The van der Waals surface area contributed by atoms with Gasteiger partial charge in [-0.25, -0.2) is 8.78 Å². The number of benzene rings is 1. The Labute approximate surface area is 110 Å². The van der Waals surface area contributed by atoms with Crippen LogP contribution in [0.25, 0.3) is 0 Å². The molecule has 0 radical (unpaired) electrons. The zero-order chi connectivity index (χ0) is 14.0. The average Bonchev–Trinajstić information content (AvgIpc) is 2.40. The van der Waals surface area contributed by atoms with Crippen LogP contribution in [0, 0.1) is 11.6 Å². The monoisotopic (exact) mass is 269 g/mol. The molecule has 1 aliphatic carbocycles. The van der Waals surface area contributed by atoms with E-state index in [9.17, 15) is 18.7 Å². The van der Waals surface area contributed by atoms with Crippen LogP contribution in [0.4, 0.5) is 8.78 Å². The van der Waals surface area contributed by atoms with Gasteiger partial charge < -0.3 is 10.0 Å². The first-order chi connectivity index (χ1) is 9.00. The molecule has 1 aromatic rings. The molecule has 2 rings (SSSR count). The van der Waals surface area contributed by atoms with Crippen molar-refractivity contribution in [3.63, 3.8) is 0 Å². The van der Waals surface area contributed by atoms with Gasteiger partial charge in [-0.05, 0) is 31.0 Å². The highest BCUT2D eigenvalue weighted by atomic mass is 19.1. The Balaban J connectivity index is 2.20. The Morgan fingerprint density at radius 2 is 2.00 bits per heavy atom. The third-order valence-electron chi connectivity index (χ3n) is 3.67. The van der Waals surface area contributed by atoms with Gasteiger partial charge in [0.2, 0.25) is 0 Å². The van der Waals surface area contributed by atoms with Crippen molar-refractivity contribution >= 4 is 5.91 Å². The van der Waals surface area contributed by atoms with Crippen LogP contribution in [0.1, 0.15) is 36.0 Å². The zero-order valence-electron chi connectivity index (χ0n) is 10.8. The maximum Gasteiger partial charge on any atom is 0.257 e. The molecule has 0 heterocycles. The maximum absolute atomic E-state index is 13.6. The van der Waals surface area contributed by atoms with Crippen LogP contribution >= 0.6 is 0 Å². The van der Waals surface area contributed by atoms with E-state index < -0.39 is 23.6 Å². The van der Waals surface area contributed by atoms with Gasteiger partial charge >= 0.3 is 0 Å². The zero-order valence-corrected chi connectivity index (χ0v) is 10.8. The smallest absolute Gasteiger partial charge is 0.257 e. The number of nitrogens with zero attached hydrogens (tertiary/aromatic N) is 1. The minimum Gasteiger partial charge on any atom is -0.391 e. The Morgan fingerprint density at radius 3 is 2.68 bits per heavy atom. The minimum absolute atomic E-state index is 0.291. The van der Waals surface area contributed by atoms with Gasteiger partial charge in [0.1, 0.15) is 11.6 Å². The predicted octanol–water partition coefficient (Wildman–Crippen LogP) is 2.34. The predicted molar refractivity (Wildman–Crippen MR) is 66.7 cm³/mol. The molecule has 1 amide bonds. The molecule has 1 aliphatic rings. The van der Waals surface area contributed by atoms with Crippen LogP contribution < -0.4 is 0 Å². The summed E-state index contributed by atoms with van der Waals surface area (Å²) in [6.45, 7) is 0. The van der Waals surface area contributed by atoms with Gasteiger partial charge in [-0.1, -0.05) is 12.8 Å². The average molecular weight is 269 g/mol. The number of likely N-dealkylation sites (N-methyl/N-ethyl adjacent to an activating group) is 1. The molecular weight excluding hydrogens is 252 g/mol. The molecule has 0 aromatic heterocycles. The standard InChI is InChI=1S/C14H17F2NO2/c1-17(12-4-2-3-5-13(12)18)14(19)10-8-9(15)6-7-11(10)16/h6-8,12-13,18H,2-5H2,1H3. The van der Waals surface area contributed by atoms with Crippen molar-refractivity contribution in [1.82, 2.24) is 4.90 Å². The number of hydrogen-bond acceptors (Lipinski definition) is 2. The van der Waals surface area contributed by atoms with Crippen molar-refractivity contribution in [2.24, 2.45) is 0 Å². The Hall–Kier alpha value is -1.49. The second-order valence-electron chi connectivity index (χ2n) is 4.96. The van der Waals surface area contributed by atoms with E-state index in [0.717, 1.165) is 31.0 Å². The lowest BCUT2D eigenvalue weighted by molar-refractivity contribution is 0.0265. The fraction of sp³-hybridized carbons (Fsp3) is 0.500. The number of carbonyl (C=O) groups excluding carboxylic acids is 1. The topological polar surface area (TPSA) is 40.5 Å². The van der Waals surface area contributed by atoms with Crippen LogP contribution in [-0.2, 0) is 0 Å².